The van der Waals surface area contributed by atoms with Gasteiger partial charge in [0.05, 0.1) is 17.5 Å². The van der Waals surface area contributed by atoms with Gasteiger partial charge in [-0.1, -0.05) is 60.7 Å². The number of hydrogen-bond acceptors (Lipinski definition) is 3. The highest BCUT2D eigenvalue weighted by Gasteiger charge is 2.31. The number of aromatic nitrogens is 2. The third-order valence-electron chi connectivity index (χ3n) is 6.38. The van der Waals surface area contributed by atoms with E-state index in [0.29, 0.717) is 30.0 Å². The van der Waals surface area contributed by atoms with Crippen LogP contribution in [0.4, 0.5) is 4.39 Å². The van der Waals surface area contributed by atoms with Crippen LogP contribution in [0, 0.1) is 11.9 Å². The van der Waals surface area contributed by atoms with Crippen LogP contribution >= 0.6 is 11.8 Å². The Labute approximate surface area is 210 Å². The normalized spacial score (nSPS) is 14.6. The number of nitrogens with one attached hydrogen (secondary N) is 1. The predicted octanol–water partition coefficient (Wildman–Crippen LogP) is 7.84. The van der Waals surface area contributed by atoms with E-state index in [9.17, 15) is 4.39 Å². The van der Waals surface area contributed by atoms with Crippen LogP contribution in [0.3, 0.4) is 0 Å². The number of fused-ring (bicyclic) bond motifs is 1. The second-order valence-electron chi connectivity index (χ2n) is 8.72. The molecule has 3 aromatic carbocycles. The predicted molar refractivity (Wildman–Crippen MR) is 145 cm³/mol. The number of ether oxygens (including phenoxy) is 1. The van der Waals surface area contributed by atoms with Crippen molar-refractivity contribution in [3.63, 3.8) is 0 Å². The van der Waals surface area contributed by atoms with E-state index in [0.717, 1.165) is 16.7 Å². The minimum absolute atomic E-state index is 0.395. The fourth-order valence-electron chi connectivity index (χ4n) is 4.54. The van der Waals surface area contributed by atoms with Crippen LogP contribution in [0.25, 0.3) is 28.1 Å². The molecule has 1 aliphatic rings. The van der Waals surface area contributed by atoms with Crippen molar-refractivity contribution in [1.82, 2.24) is 10.2 Å². The molecule has 1 fully saturated rings. The first-order chi connectivity index (χ1) is 17.2. The molecule has 1 heterocycles. The van der Waals surface area contributed by atoms with Gasteiger partial charge in [-0.15, -0.1) is 11.8 Å². The molecule has 1 saturated carbocycles. The maximum Gasteiger partial charge on any atom is 0.216 e. The van der Waals surface area contributed by atoms with Gasteiger partial charge in [-0.05, 0) is 83.5 Å². The zero-order valence-corrected chi connectivity index (χ0v) is 20.9. The van der Waals surface area contributed by atoms with E-state index >= 15 is 0 Å². The third-order valence-corrected chi connectivity index (χ3v) is 7.17. The number of H-pyrrole nitrogens is 1. The lowest BCUT2D eigenvalue weighted by Crippen LogP contribution is -1.99. The summed E-state index contributed by atoms with van der Waals surface area (Å²) in [6, 6.07) is 23.1. The van der Waals surface area contributed by atoms with Crippen LogP contribution in [0.15, 0.2) is 77.7 Å². The molecule has 35 heavy (non-hydrogen) atoms. The molecule has 0 radical (unpaired) electrons. The van der Waals surface area contributed by atoms with E-state index in [2.05, 4.69) is 77.1 Å². The van der Waals surface area contributed by atoms with Crippen LogP contribution < -0.4 is 0 Å². The van der Waals surface area contributed by atoms with Crippen molar-refractivity contribution in [2.75, 3.05) is 19.5 Å². The van der Waals surface area contributed by atoms with Crippen molar-refractivity contribution in [3.8, 4) is 0 Å². The largest absolute Gasteiger partial charge is 0.378 e. The molecule has 178 valence electrons. The van der Waals surface area contributed by atoms with Crippen LogP contribution in [0.2, 0.25) is 0 Å². The fraction of sp³-hybridized carbons (Fsp3) is 0.233. The van der Waals surface area contributed by atoms with Gasteiger partial charge in [0, 0.05) is 11.5 Å². The lowest BCUT2D eigenvalue weighted by Gasteiger charge is -2.19. The zero-order chi connectivity index (χ0) is 24.2. The molecule has 0 aliphatic heterocycles. The number of halogens is 1. The summed E-state index contributed by atoms with van der Waals surface area (Å²) in [5.41, 5.74) is 7.69. The van der Waals surface area contributed by atoms with Crippen LogP contribution in [0.5, 0.6) is 0 Å². The smallest absolute Gasteiger partial charge is 0.216 e. The number of thioether (sulfide) groups is 1. The van der Waals surface area contributed by atoms with Gasteiger partial charge in [0.1, 0.15) is 0 Å². The molecule has 0 amide bonds. The first-order valence-corrected chi connectivity index (χ1v) is 13.3. The van der Waals surface area contributed by atoms with Gasteiger partial charge in [-0.3, -0.25) is 5.10 Å². The second-order valence-corrected chi connectivity index (χ2v) is 9.56. The van der Waals surface area contributed by atoms with Gasteiger partial charge < -0.3 is 4.74 Å². The summed E-state index contributed by atoms with van der Waals surface area (Å²) in [6.45, 7) is 3.31. The average Bonchev–Trinajstić information content (AvgIpc) is 3.67. The molecule has 0 bridgehead atoms. The van der Waals surface area contributed by atoms with Gasteiger partial charge in [0.25, 0.3) is 0 Å². The molecular formula is C30H29FN2OS. The van der Waals surface area contributed by atoms with Crippen LogP contribution in [0.1, 0.15) is 42.0 Å². The molecule has 0 unspecified atom stereocenters. The van der Waals surface area contributed by atoms with Crippen molar-refractivity contribution in [1.29, 1.82) is 0 Å². The summed E-state index contributed by atoms with van der Waals surface area (Å²) in [6.07, 6.45) is 8.58. The van der Waals surface area contributed by atoms with E-state index in [1.54, 1.807) is 11.8 Å². The van der Waals surface area contributed by atoms with Crippen molar-refractivity contribution >= 4 is 39.9 Å². The van der Waals surface area contributed by atoms with Gasteiger partial charge >= 0.3 is 0 Å². The van der Waals surface area contributed by atoms with Crippen molar-refractivity contribution in [2.24, 2.45) is 5.92 Å². The van der Waals surface area contributed by atoms with E-state index in [1.165, 1.54) is 34.4 Å². The number of benzene rings is 3. The molecule has 5 rings (SSSR count). The maximum atomic E-state index is 14.5. The number of rotatable bonds is 9. The Bertz CT molecular complexity index is 1380. The molecule has 4 aromatic rings. The van der Waals surface area contributed by atoms with E-state index in [-0.39, 0.29) is 0 Å². The molecule has 1 aromatic heterocycles. The molecule has 0 saturated heterocycles. The minimum atomic E-state index is -0.395. The molecule has 0 atom stereocenters. The average molecular weight is 485 g/mol. The lowest BCUT2D eigenvalue weighted by atomic mass is 9.86. The third kappa shape index (κ3) is 5.12. The summed E-state index contributed by atoms with van der Waals surface area (Å²) < 4.78 is 19.9. The summed E-state index contributed by atoms with van der Waals surface area (Å²) in [7, 11) is 0. The Hall–Kier alpha value is -3.15. The van der Waals surface area contributed by atoms with Crippen molar-refractivity contribution in [3.05, 3.63) is 101 Å². The van der Waals surface area contributed by atoms with Crippen LogP contribution in [-0.4, -0.2) is 29.7 Å². The number of aromatic amines is 1. The molecule has 0 spiro atoms. The maximum absolute atomic E-state index is 14.5. The van der Waals surface area contributed by atoms with Gasteiger partial charge in [0.2, 0.25) is 5.95 Å². The quantitative estimate of drug-likeness (QED) is 0.149. The summed E-state index contributed by atoms with van der Waals surface area (Å²) in [4.78, 5) is 1.26. The number of hydrogen-bond donors (Lipinski definition) is 1. The SMILES string of the molecule is CCOC/C=C/c1ccc(/C(=C(\c2ccccc2SC)C2CC2)c2ccc3n[nH]c(F)c3c2)cc1. The Kier molecular flexibility index (Phi) is 7.16. The highest BCUT2D eigenvalue weighted by atomic mass is 32.2. The zero-order valence-electron chi connectivity index (χ0n) is 20.1. The molecule has 1 N–H and O–H groups in total. The molecule has 1 aliphatic carbocycles. The Morgan fingerprint density at radius 3 is 2.60 bits per heavy atom. The van der Waals surface area contributed by atoms with E-state index < -0.39 is 5.95 Å². The standard InChI is InChI=1S/C30H29FN2OS/c1-3-34-18-6-7-20-10-12-21(13-11-20)28(23-16-17-26-25(19-23)30(31)33-32-26)29(22-14-15-22)24-8-4-5-9-27(24)35-2/h4-13,16-17,19,22H,3,14-15,18H2,1-2H3,(H,32,33)/b7-6+,29-28+. The lowest BCUT2D eigenvalue weighted by molar-refractivity contribution is 0.178. The van der Waals surface area contributed by atoms with Gasteiger partial charge in [0.15, 0.2) is 0 Å². The van der Waals surface area contributed by atoms with Crippen molar-refractivity contribution < 1.29 is 9.13 Å². The topological polar surface area (TPSA) is 37.9 Å². The minimum Gasteiger partial charge on any atom is -0.378 e. The second kappa shape index (κ2) is 10.6. The highest BCUT2D eigenvalue weighted by Crippen LogP contribution is 2.49. The highest BCUT2D eigenvalue weighted by molar-refractivity contribution is 7.98. The first kappa shape index (κ1) is 23.6. The Morgan fingerprint density at radius 1 is 1.09 bits per heavy atom. The summed E-state index contributed by atoms with van der Waals surface area (Å²) in [5, 5.41) is 7.08. The monoisotopic (exact) mass is 484 g/mol. The Morgan fingerprint density at radius 2 is 1.86 bits per heavy atom. The van der Waals surface area contributed by atoms with Crippen LogP contribution in [-0.2, 0) is 4.74 Å². The Balaban J connectivity index is 1.68. The fourth-order valence-corrected chi connectivity index (χ4v) is 5.15. The van der Waals surface area contributed by atoms with E-state index in [1.807, 2.05) is 25.1 Å². The van der Waals surface area contributed by atoms with Gasteiger partial charge in [-0.25, -0.2) is 0 Å². The number of nitrogens with zero attached hydrogens (tertiary/aromatic N) is 1. The number of allylic oxidation sites excluding steroid dienone is 1. The van der Waals surface area contributed by atoms with E-state index in [4.69, 9.17) is 4.74 Å². The molecule has 5 heteroatoms. The first-order valence-electron chi connectivity index (χ1n) is 12.1. The van der Waals surface area contributed by atoms with Crippen molar-refractivity contribution in [2.45, 2.75) is 24.7 Å². The summed E-state index contributed by atoms with van der Waals surface area (Å²) in [5.74, 6) is 0.0995. The summed E-state index contributed by atoms with van der Waals surface area (Å²) >= 11 is 1.77. The molecule has 3 nitrogen and oxygen atoms in total. The molecular weight excluding hydrogens is 455 g/mol. The van der Waals surface area contributed by atoms with Gasteiger partial charge in [-0.2, -0.15) is 9.49 Å².